The molecule has 0 aliphatic carbocycles. The van der Waals surface area contributed by atoms with Crippen LogP contribution in [0.1, 0.15) is 26.7 Å². The molecule has 2 fully saturated rings. The molecule has 2 aliphatic rings. The van der Waals surface area contributed by atoms with Gasteiger partial charge in [0.25, 0.3) is 0 Å². The van der Waals surface area contributed by atoms with Crippen LogP contribution in [0.4, 0.5) is 5.82 Å². The lowest BCUT2D eigenvalue weighted by molar-refractivity contribution is -0.0769. The van der Waals surface area contributed by atoms with Crippen LogP contribution in [0.2, 0.25) is 0 Å². The molecule has 6 nitrogen and oxygen atoms in total. The molecular weight excluding hydrogens is 302 g/mol. The summed E-state index contributed by atoms with van der Waals surface area (Å²) in [6.07, 6.45) is 6.07. The highest BCUT2D eigenvalue weighted by Gasteiger charge is 2.30. The maximum atomic E-state index is 5.85. The first kappa shape index (κ1) is 15.8. The van der Waals surface area contributed by atoms with Crippen molar-refractivity contribution in [2.45, 2.75) is 32.3 Å². The monoisotopic (exact) mass is 329 g/mol. The summed E-state index contributed by atoms with van der Waals surface area (Å²) in [5.41, 5.74) is 0.953. The van der Waals surface area contributed by atoms with E-state index in [4.69, 9.17) is 4.74 Å². The molecule has 2 saturated heterocycles. The fourth-order valence-corrected chi connectivity index (χ4v) is 4.01. The van der Waals surface area contributed by atoms with Crippen LogP contribution >= 0.6 is 0 Å². The van der Waals surface area contributed by atoms with Gasteiger partial charge in [0.2, 0.25) is 0 Å². The summed E-state index contributed by atoms with van der Waals surface area (Å²) >= 11 is 0. The van der Waals surface area contributed by atoms with Gasteiger partial charge in [-0.15, -0.1) is 5.10 Å². The molecular formula is C18H27N5O. The Morgan fingerprint density at radius 3 is 2.83 bits per heavy atom. The normalized spacial score (nSPS) is 25.2. The Hall–Kier alpha value is -1.66. The van der Waals surface area contributed by atoms with E-state index in [0.717, 1.165) is 50.2 Å². The standard InChI is InChI=1S/C18H27N5O/c1-18(2)13-15(5-12-24-18)14-21-8-10-22(11-9-21)17-4-3-16-19-6-7-23(16)20-17/h3-4,6-7,15H,5,8-14H2,1-2H3/t15-/m0/s1. The number of hydrogen-bond donors (Lipinski definition) is 0. The molecule has 6 heteroatoms. The van der Waals surface area contributed by atoms with Crippen molar-refractivity contribution in [1.29, 1.82) is 0 Å². The first-order chi connectivity index (χ1) is 11.6. The SMILES string of the molecule is CC1(C)C[C@@H](CN2CCN(c3ccc4nccn4n3)CC2)CCO1. The van der Waals surface area contributed by atoms with E-state index in [-0.39, 0.29) is 5.60 Å². The van der Waals surface area contributed by atoms with E-state index in [1.54, 1.807) is 6.20 Å². The Labute approximate surface area is 143 Å². The van der Waals surface area contributed by atoms with Gasteiger partial charge in [-0.1, -0.05) is 0 Å². The van der Waals surface area contributed by atoms with Gasteiger partial charge in [-0.2, -0.15) is 0 Å². The average molecular weight is 329 g/mol. The van der Waals surface area contributed by atoms with Crippen LogP contribution in [-0.4, -0.2) is 64.4 Å². The van der Waals surface area contributed by atoms with E-state index in [0.29, 0.717) is 0 Å². The van der Waals surface area contributed by atoms with Crippen molar-refractivity contribution in [2.75, 3.05) is 44.2 Å². The molecule has 0 radical (unpaired) electrons. The van der Waals surface area contributed by atoms with E-state index in [1.165, 1.54) is 19.4 Å². The predicted molar refractivity (Wildman–Crippen MR) is 94.4 cm³/mol. The first-order valence-corrected chi connectivity index (χ1v) is 9.01. The Bertz CT molecular complexity index is 690. The fraction of sp³-hybridized carbons (Fsp3) is 0.667. The number of nitrogens with zero attached hydrogens (tertiary/aromatic N) is 5. The lowest BCUT2D eigenvalue weighted by Gasteiger charge is -2.40. The maximum Gasteiger partial charge on any atom is 0.153 e. The summed E-state index contributed by atoms with van der Waals surface area (Å²) in [5.74, 6) is 1.81. The maximum absolute atomic E-state index is 5.85. The summed E-state index contributed by atoms with van der Waals surface area (Å²) in [6.45, 7) is 10.9. The number of fused-ring (bicyclic) bond motifs is 1. The molecule has 0 spiro atoms. The van der Waals surface area contributed by atoms with Crippen LogP contribution < -0.4 is 4.90 Å². The molecule has 2 aromatic heterocycles. The third-order valence-corrected chi connectivity index (χ3v) is 5.25. The minimum Gasteiger partial charge on any atom is -0.376 e. The lowest BCUT2D eigenvalue weighted by Crippen LogP contribution is -2.49. The second kappa shape index (κ2) is 6.33. The molecule has 2 aromatic rings. The highest BCUT2D eigenvalue weighted by molar-refractivity contribution is 5.46. The molecule has 0 bridgehead atoms. The zero-order valence-electron chi connectivity index (χ0n) is 14.7. The Morgan fingerprint density at radius 2 is 2.04 bits per heavy atom. The van der Waals surface area contributed by atoms with Crippen molar-refractivity contribution in [3.8, 4) is 0 Å². The fourth-order valence-electron chi connectivity index (χ4n) is 4.01. The van der Waals surface area contributed by atoms with Crippen LogP contribution in [0.5, 0.6) is 0 Å². The van der Waals surface area contributed by atoms with E-state index in [9.17, 15) is 0 Å². The Morgan fingerprint density at radius 1 is 1.21 bits per heavy atom. The van der Waals surface area contributed by atoms with Gasteiger partial charge in [0.1, 0.15) is 5.82 Å². The topological polar surface area (TPSA) is 45.9 Å². The number of anilines is 1. The molecule has 24 heavy (non-hydrogen) atoms. The van der Waals surface area contributed by atoms with Crippen molar-refractivity contribution in [3.63, 3.8) is 0 Å². The average Bonchev–Trinajstić information content (AvgIpc) is 3.02. The van der Waals surface area contributed by atoms with Gasteiger partial charge in [-0.25, -0.2) is 9.50 Å². The number of imidazole rings is 1. The molecule has 0 N–H and O–H groups in total. The van der Waals surface area contributed by atoms with Gasteiger partial charge < -0.3 is 9.64 Å². The quantitative estimate of drug-likeness (QED) is 0.862. The third-order valence-electron chi connectivity index (χ3n) is 5.25. The first-order valence-electron chi connectivity index (χ1n) is 9.01. The molecule has 1 atom stereocenters. The van der Waals surface area contributed by atoms with Crippen LogP contribution in [0.15, 0.2) is 24.5 Å². The van der Waals surface area contributed by atoms with Gasteiger partial charge in [0.05, 0.1) is 5.60 Å². The second-order valence-corrected chi connectivity index (χ2v) is 7.68. The lowest BCUT2D eigenvalue weighted by atomic mass is 9.88. The van der Waals surface area contributed by atoms with E-state index in [1.807, 2.05) is 16.8 Å². The smallest absolute Gasteiger partial charge is 0.153 e. The summed E-state index contributed by atoms with van der Waals surface area (Å²) < 4.78 is 7.70. The molecule has 0 aromatic carbocycles. The van der Waals surface area contributed by atoms with Crippen LogP contribution in [0, 0.1) is 5.92 Å². The summed E-state index contributed by atoms with van der Waals surface area (Å²) in [5, 5.41) is 4.66. The van der Waals surface area contributed by atoms with Crippen LogP contribution in [0.3, 0.4) is 0 Å². The van der Waals surface area contributed by atoms with Gasteiger partial charge in [-0.3, -0.25) is 4.90 Å². The largest absolute Gasteiger partial charge is 0.376 e. The van der Waals surface area contributed by atoms with Crippen molar-refractivity contribution in [2.24, 2.45) is 5.92 Å². The number of aromatic nitrogens is 3. The van der Waals surface area contributed by atoms with E-state index < -0.39 is 0 Å². The molecule has 130 valence electrons. The van der Waals surface area contributed by atoms with Gasteiger partial charge in [0.15, 0.2) is 5.65 Å². The highest BCUT2D eigenvalue weighted by Crippen LogP contribution is 2.29. The van der Waals surface area contributed by atoms with E-state index >= 15 is 0 Å². The highest BCUT2D eigenvalue weighted by atomic mass is 16.5. The van der Waals surface area contributed by atoms with Crippen LogP contribution in [-0.2, 0) is 4.74 Å². The molecule has 4 rings (SSSR count). The molecule has 2 aliphatic heterocycles. The molecule has 0 saturated carbocycles. The summed E-state index contributed by atoms with van der Waals surface area (Å²) in [6, 6.07) is 4.12. The van der Waals surface area contributed by atoms with Crippen LogP contribution in [0.25, 0.3) is 5.65 Å². The molecule has 0 amide bonds. The molecule has 4 heterocycles. The van der Waals surface area contributed by atoms with Gasteiger partial charge in [-0.05, 0) is 44.7 Å². The van der Waals surface area contributed by atoms with E-state index in [2.05, 4.69) is 39.8 Å². The summed E-state index contributed by atoms with van der Waals surface area (Å²) in [4.78, 5) is 9.25. The Kier molecular flexibility index (Phi) is 4.18. The zero-order chi connectivity index (χ0) is 16.6. The van der Waals surface area contributed by atoms with Crippen molar-refractivity contribution in [1.82, 2.24) is 19.5 Å². The van der Waals surface area contributed by atoms with Gasteiger partial charge in [0, 0.05) is 51.7 Å². The number of hydrogen-bond acceptors (Lipinski definition) is 5. The predicted octanol–water partition coefficient (Wildman–Crippen LogP) is 2.06. The second-order valence-electron chi connectivity index (χ2n) is 7.68. The zero-order valence-corrected chi connectivity index (χ0v) is 14.7. The number of rotatable bonds is 3. The Balaban J connectivity index is 1.33. The summed E-state index contributed by atoms with van der Waals surface area (Å²) in [7, 11) is 0. The number of piperazine rings is 1. The number of ether oxygens (including phenoxy) is 1. The van der Waals surface area contributed by atoms with Crippen molar-refractivity contribution >= 4 is 11.5 Å². The minimum atomic E-state index is 0.0505. The molecule has 0 unspecified atom stereocenters. The minimum absolute atomic E-state index is 0.0505. The van der Waals surface area contributed by atoms with Crippen molar-refractivity contribution < 1.29 is 4.74 Å². The third kappa shape index (κ3) is 3.39. The van der Waals surface area contributed by atoms with Gasteiger partial charge >= 0.3 is 0 Å². The van der Waals surface area contributed by atoms with Crippen molar-refractivity contribution in [3.05, 3.63) is 24.5 Å².